The Morgan fingerprint density at radius 1 is 1.12 bits per heavy atom. The number of H-pyrrole nitrogens is 1. The van der Waals surface area contributed by atoms with Gasteiger partial charge in [0, 0.05) is 64.8 Å². The van der Waals surface area contributed by atoms with Crippen LogP contribution < -0.4 is 4.90 Å². The summed E-state index contributed by atoms with van der Waals surface area (Å²) in [4.78, 5) is 19.6. The lowest BCUT2D eigenvalue weighted by molar-refractivity contribution is 0.123. The van der Waals surface area contributed by atoms with Gasteiger partial charge in [0.15, 0.2) is 0 Å². The van der Waals surface area contributed by atoms with Gasteiger partial charge in [-0.25, -0.2) is 9.97 Å². The highest BCUT2D eigenvalue weighted by atomic mass is 15.3. The van der Waals surface area contributed by atoms with Gasteiger partial charge in [0.05, 0.1) is 12.0 Å². The molecule has 0 unspecified atom stereocenters. The number of pyridine rings is 1. The standard InChI is InChI=1S/C20H30N6/c1-15-19(23-14-22-15)13-25-9-17-4-6-18(12-25)26(11-17)10-16-5-7-20(21-8-16)24(2)3/h5,7-8,14,17-18H,4,6,9-13H2,1-3H3,(H,22,23)/t17-,18+/m0/s1. The van der Waals surface area contributed by atoms with Gasteiger partial charge in [-0.15, -0.1) is 0 Å². The van der Waals surface area contributed by atoms with Crippen molar-refractivity contribution >= 4 is 5.82 Å². The van der Waals surface area contributed by atoms with Gasteiger partial charge < -0.3 is 9.88 Å². The topological polar surface area (TPSA) is 51.3 Å². The molecule has 0 radical (unpaired) electrons. The van der Waals surface area contributed by atoms with E-state index in [1.807, 2.05) is 31.5 Å². The molecule has 6 nitrogen and oxygen atoms in total. The molecule has 0 amide bonds. The Kier molecular flexibility index (Phi) is 4.96. The average Bonchev–Trinajstić information content (AvgIpc) is 2.84. The Labute approximate surface area is 156 Å². The zero-order valence-corrected chi connectivity index (χ0v) is 16.1. The Bertz CT molecular complexity index is 722. The van der Waals surface area contributed by atoms with E-state index in [2.05, 4.69) is 43.8 Å². The number of anilines is 1. The number of nitrogens with one attached hydrogen (secondary N) is 1. The van der Waals surface area contributed by atoms with Crippen molar-refractivity contribution in [2.45, 2.75) is 38.9 Å². The number of aromatic nitrogens is 3. The largest absolute Gasteiger partial charge is 0.363 e. The Hall–Kier alpha value is -1.92. The minimum Gasteiger partial charge on any atom is -0.363 e. The number of hydrogen-bond donors (Lipinski definition) is 1. The molecule has 2 aromatic heterocycles. The van der Waals surface area contributed by atoms with Gasteiger partial charge in [0.2, 0.25) is 0 Å². The molecule has 3 aliphatic heterocycles. The number of piperidine rings is 1. The van der Waals surface area contributed by atoms with Gasteiger partial charge in [-0.1, -0.05) is 6.07 Å². The number of aryl methyl sites for hydroxylation is 1. The monoisotopic (exact) mass is 354 g/mol. The summed E-state index contributed by atoms with van der Waals surface area (Å²) >= 11 is 0. The first-order valence-electron chi connectivity index (χ1n) is 9.66. The average molecular weight is 355 g/mol. The predicted octanol–water partition coefficient (Wildman–Crippen LogP) is 2.28. The van der Waals surface area contributed by atoms with Gasteiger partial charge in [-0.05, 0) is 37.3 Å². The zero-order chi connectivity index (χ0) is 18.1. The first-order valence-corrected chi connectivity index (χ1v) is 9.66. The van der Waals surface area contributed by atoms with Crippen molar-refractivity contribution in [3.05, 3.63) is 41.6 Å². The fraction of sp³-hybridized carbons (Fsp3) is 0.600. The molecule has 5 heterocycles. The van der Waals surface area contributed by atoms with E-state index in [0.29, 0.717) is 6.04 Å². The van der Waals surface area contributed by atoms with E-state index in [1.165, 1.54) is 42.9 Å². The molecule has 3 saturated heterocycles. The maximum absolute atomic E-state index is 4.58. The Morgan fingerprint density at radius 3 is 2.69 bits per heavy atom. The number of fused-ring (bicyclic) bond motifs is 4. The lowest BCUT2D eigenvalue weighted by Crippen LogP contribution is -2.43. The van der Waals surface area contributed by atoms with Crippen molar-refractivity contribution in [3.8, 4) is 0 Å². The highest BCUT2D eigenvalue weighted by Crippen LogP contribution is 2.30. The Balaban J connectivity index is 1.42. The number of aromatic amines is 1. The summed E-state index contributed by atoms with van der Waals surface area (Å²) in [5.74, 6) is 1.79. The van der Waals surface area contributed by atoms with E-state index in [4.69, 9.17) is 0 Å². The smallest absolute Gasteiger partial charge is 0.127 e. The van der Waals surface area contributed by atoms with Crippen LogP contribution in [0.2, 0.25) is 0 Å². The lowest BCUT2D eigenvalue weighted by Gasteiger charge is -2.36. The van der Waals surface area contributed by atoms with Gasteiger partial charge in [0.25, 0.3) is 0 Å². The molecule has 0 spiro atoms. The summed E-state index contributed by atoms with van der Waals surface area (Å²) < 4.78 is 0. The maximum atomic E-state index is 4.58. The molecule has 3 fully saturated rings. The molecular weight excluding hydrogens is 324 g/mol. The van der Waals surface area contributed by atoms with Gasteiger partial charge in [0.1, 0.15) is 5.82 Å². The summed E-state index contributed by atoms with van der Waals surface area (Å²) in [5.41, 5.74) is 3.71. The molecule has 2 bridgehead atoms. The van der Waals surface area contributed by atoms with E-state index < -0.39 is 0 Å². The van der Waals surface area contributed by atoms with Crippen molar-refractivity contribution < 1.29 is 0 Å². The second-order valence-electron chi connectivity index (χ2n) is 8.11. The third-order valence-electron chi connectivity index (χ3n) is 5.86. The maximum Gasteiger partial charge on any atom is 0.127 e. The highest BCUT2D eigenvalue weighted by Gasteiger charge is 2.34. The normalized spacial score (nSPS) is 24.0. The molecule has 0 aromatic carbocycles. The molecule has 3 aliphatic rings. The predicted molar refractivity (Wildman–Crippen MR) is 104 cm³/mol. The third kappa shape index (κ3) is 3.76. The first-order chi connectivity index (χ1) is 12.6. The lowest BCUT2D eigenvalue weighted by atomic mass is 9.94. The molecule has 0 aliphatic carbocycles. The van der Waals surface area contributed by atoms with E-state index in [-0.39, 0.29) is 0 Å². The number of nitrogens with zero attached hydrogens (tertiary/aromatic N) is 5. The fourth-order valence-electron chi connectivity index (χ4n) is 4.37. The van der Waals surface area contributed by atoms with Crippen LogP contribution in [0.4, 0.5) is 5.82 Å². The second-order valence-corrected chi connectivity index (χ2v) is 8.11. The number of imidazole rings is 1. The summed E-state index contributed by atoms with van der Waals surface area (Å²) in [5, 5.41) is 0. The van der Waals surface area contributed by atoms with Crippen LogP contribution in [-0.4, -0.2) is 64.5 Å². The summed E-state index contributed by atoms with van der Waals surface area (Å²) in [6, 6.07) is 4.99. The summed E-state index contributed by atoms with van der Waals surface area (Å²) in [6.45, 7) is 7.64. The summed E-state index contributed by atoms with van der Waals surface area (Å²) in [6.07, 6.45) is 6.52. The van der Waals surface area contributed by atoms with Crippen molar-refractivity contribution in [1.82, 2.24) is 24.8 Å². The molecule has 140 valence electrons. The first kappa shape index (κ1) is 17.5. The van der Waals surface area contributed by atoms with Gasteiger partial charge >= 0.3 is 0 Å². The van der Waals surface area contributed by atoms with Crippen LogP contribution in [0.1, 0.15) is 29.8 Å². The molecule has 2 aromatic rings. The molecule has 6 heteroatoms. The van der Waals surface area contributed by atoms with E-state index in [1.54, 1.807) is 0 Å². The van der Waals surface area contributed by atoms with Crippen LogP contribution in [-0.2, 0) is 13.1 Å². The SMILES string of the molecule is Cc1[nH]cnc1CN1C[C@@H]2CC[C@H](C1)N(Cc1ccc(N(C)C)nc1)C2. The summed E-state index contributed by atoms with van der Waals surface area (Å²) in [7, 11) is 4.07. The van der Waals surface area contributed by atoms with E-state index in [9.17, 15) is 0 Å². The molecular formula is C20H30N6. The third-order valence-corrected chi connectivity index (χ3v) is 5.86. The molecule has 0 saturated carbocycles. The van der Waals surface area contributed by atoms with E-state index in [0.717, 1.165) is 31.4 Å². The van der Waals surface area contributed by atoms with Crippen LogP contribution in [0.5, 0.6) is 0 Å². The van der Waals surface area contributed by atoms with Crippen LogP contribution in [0.25, 0.3) is 0 Å². The minimum atomic E-state index is 0.640. The zero-order valence-electron chi connectivity index (χ0n) is 16.1. The van der Waals surface area contributed by atoms with Gasteiger partial charge in [-0.2, -0.15) is 0 Å². The highest BCUT2D eigenvalue weighted by molar-refractivity contribution is 5.37. The van der Waals surface area contributed by atoms with Crippen molar-refractivity contribution in [3.63, 3.8) is 0 Å². The molecule has 5 rings (SSSR count). The second kappa shape index (κ2) is 7.37. The number of hydrogen-bond acceptors (Lipinski definition) is 5. The van der Waals surface area contributed by atoms with Crippen LogP contribution >= 0.6 is 0 Å². The van der Waals surface area contributed by atoms with Crippen LogP contribution in [0, 0.1) is 12.8 Å². The van der Waals surface area contributed by atoms with Gasteiger partial charge in [-0.3, -0.25) is 9.80 Å². The number of rotatable bonds is 5. The quantitative estimate of drug-likeness (QED) is 0.893. The van der Waals surface area contributed by atoms with Crippen LogP contribution in [0.15, 0.2) is 24.7 Å². The molecule has 1 N–H and O–H groups in total. The van der Waals surface area contributed by atoms with E-state index >= 15 is 0 Å². The fourth-order valence-corrected chi connectivity index (χ4v) is 4.37. The Morgan fingerprint density at radius 2 is 2.00 bits per heavy atom. The van der Waals surface area contributed by atoms with Crippen LogP contribution in [0.3, 0.4) is 0 Å². The molecule has 2 atom stereocenters. The van der Waals surface area contributed by atoms with Crippen molar-refractivity contribution in [1.29, 1.82) is 0 Å². The minimum absolute atomic E-state index is 0.640. The molecule has 26 heavy (non-hydrogen) atoms. The van der Waals surface area contributed by atoms with Crippen molar-refractivity contribution in [2.75, 3.05) is 38.6 Å². The van der Waals surface area contributed by atoms with Crippen molar-refractivity contribution in [2.24, 2.45) is 5.92 Å².